The minimum absolute atomic E-state index is 0. The fraction of sp³-hybridized carbons (Fsp3) is 0.818. The largest absolute Gasteiger partial charge is 1.00 e. The number of ether oxygens (including phenoxy) is 1. The lowest BCUT2D eigenvalue weighted by Crippen LogP contribution is -3.00. The van der Waals surface area contributed by atoms with E-state index in [0.29, 0.717) is 17.7 Å². The number of carbonyl (C=O) groups is 2. The highest BCUT2D eigenvalue weighted by atomic mass is 127. The van der Waals surface area contributed by atoms with Crippen molar-refractivity contribution in [3.63, 3.8) is 0 Å². The molecule has 8 heteroatoms. The highest BCUT2D eigenvalue weighted by molar-refractivity contribution is 14.1. The van der Waals surface area contributed by atoms with Crippen LogP contribution in [0.3, 0.4) is 0 Å². The molecule has 1 unspecified atom stereocenters. The highest BCUT2D eigenvalue weighted by Crippen LogP contribution is 2.42. The van der Waals surface area contributed by atoms with Crippen LogP contribution in [0, 0.1) is 5.41 Å². The van der Waals surface area contributed by atoms with Gasteiger partial charge in [-0.05, 0) is 0 Å². The summed E-state index contributed by atoms with van der Waals surface area (Å²) in [4.78, 5) is 22.9. The number of hydrogen-bond donors (Lipinski definition) is 2. The molecule has 1 spiro atoms. The number of alkyl halides is 1. The van der Waals surface area contributed by atoms with Crippen LogP contribution >= 0.6 is 22.6 Å². The Morgan fingerprint density at radius 1 is 1.26 bits per heavy atom. The lowest BCUT2D eigenvalue weighted by molar-refractivity contribution is -0.944. The summed E-state index contributed by atoms with van der Waals surface area (Å²) in [6.07, 6.45) is 0.223. The zero-order chi connectivity index (χ0) is 13.4. The molecule has 0 bridgehead atoms. The Morgan fingerprint density at radius 3 is 2.21 bits per heavy atom. The average molecular weight is 497 g/mol. The van der Waals surface area contributed by atoms with Crippen molar-refractivity contribution in [2.75, 3.05) is 37.3 Å². The molecule has 2 N–H and O–H groups in total. The first-order chi connectivity index (χ1) is 8.47. The van der Waals surface area contributed by atoms with Crippen molar-refractivity contribution < 1.29 is 53.0 Å². The fourth-order valence-electron chi connectivity index (χ4n) is 3.16. The summed E-state index contributed by atoms with van der Waals surface area (Å²) >= 11 is 2.22. The maximum absolute atomic E-state index is 11.4. The van der Waals surface area contributed by atoms with Gasteiger partial charge in [0.05, 0.1) is 17.6 Å². The summed E-state index contributed by atoms with van der Waals surface area (Å²) in [6, 6.07) is 0.0988. The number of halogens is 2. The van der Waals surface area contributed by atoms with Gasteiger partial charge in [0, 0.05) is 6.42 Å². The predicted molar refractivity (Wildman–Crippen MR) is 70.7 cm³/mol. The van der Waals surface area contributed by atoms with Gasteiger partial charge in [-0.1, -0.05) is 22.6 Å². The van der Waals surface area contributed by atoms with Gasteiger partial charge in [0.15, 0.2) is 0 Å². The summed E-state index contributed by atoms with van der Waals surface area (Å²) in [5, 5.41) is 18.7. The minimum Gasteiger partial charge on any atom is -1.00 e. The number of nitrogens with zero attached hydrogens (tertiary/aromatic N) is 1. The smallest absolute Gasteiger partial charge is 0.327 e. The summed E-state index contributed by atoms with van der Waals surface area (Å²) < 4.78 is 6.69. The van der Waals surface area contributed by atoms with Crippen LogP contribution in [0.4, 0.5) is 0 Å². The first-order valence-corrected chi connectivity index (χ1v) is 7.46. The zero-order valence-electron chi connectivity index (χ0n) is 10.3. The Bertz CT molecular complexity index is 356. The molecule has 2 aliphatic heterocycles. The van der Waals surface area contributed by atoms with E-state index in [1.54, 1.807) is 0 Å². The second-order valence-electron chi connectivity index (χ2n) is 5.14. The Morgan fingerprint density at radius 2 is 1.79 bits per heavy atom. The van der Waals surface area contributed by atoms with Gasteiger partial charge in [0.1, 0.15) is 25.7 Å². The molecule has 0 saturated carbocycles. The summed E-state index contributed by atoms with van der Waals surface area (Å²) in [7, 11) is 0. The van der Waals surface area contributed by atoms with Gasteiger partial charge in [-0.15, -0.1) is 0 Å². The highest BCUT2D eigenvalue weighted by Gasteiger charge is 2.63. The van der Waals surface area contributed by atoms with E-state index in [1.807, 2.05) is 0 Å². The number of carboxylic acid groups (broad SMARTS) is 2. The van der Waals surface area contributed by atoms with Gasteiger partial charge in [-0.25, -0.2) is 0 Å². The summed E-state index contributed by atoms with van der Waals surface area (Å²) in [5.41, 5.74) is -1.62. The van der Waals surface area contributed by atoms with E-state index in [9.17, 15) is 19.8 Å². The van der Waals surface area contributed by atoms with E-state index in [4.69, 9.17) is 4.74 Å². The molecule has 0 aliphatic carbocycles. The normalized spacial score (nSPS) is 27.7. The van der Waals surface area contributed by atoms with Crippen LogP contribution in [0.2, 0.25) is 0 Å². The van der Waals surface area contributed by atoms with Gasteiger partial charge < -0.3 is 43.4 Å². The van der Waals surface area contributed by atoms with Crippen molar-refractivity contribution in [1.29, 1.82) is 0 Å². The fourth-order valence-corrected chi connectivity index (χ4v) is 4.31. The third kappa shape index (κ3) is 2.86. The van der Waals surface area contributed by atoms with Crippen LogP contribution in [-0.2, 0) is 14.3 Å². The van der Waals surface area contributed by atoms with Gasteiger partial charge >= 0.3 is 11.9 Å². The van der Waals surface area contributed by atoms with Crippen molar-refractivity contribution in [2.24, 2.45) is 5.41 Å². The van der Waals surface area contributed by atoms with Crippen molar-refractivity contribution in [3.8, 4) is 0 Å². The Kier molecular flexibility index (Phi) is 5.84. The first-order valence-electron chi connectivity index (χ1n) is 5.93. The topological polar surface area (TPSA) is 83.8 Å². The molecule has 0 radical (unpaired) electrons. The van der Waals surface area contributed by atoms with Crippen LogP contribution in [0.15, 0.2) is 0 Å². The van der Waals surface area contributed by atoms with E-state index in [-0.39, 0.29) is 43.0 Å². The molecule has 2 heterocycles. The molecular weight excluding hydrogens is 480 g/mol. The first kappa shape index (κ1) is 17.4. The van der Waals surface area contributed by atoms with E-state index in [1.165, 1.54) is 0 Å². The number of carboxylic acids is 2. The Balaban J connectivity index is 0.00000180. The summed E-state index contributed by atoms with van der Waals surface area (Å²) in [6.45, 7) is 2.80. The second-order valence-corrected chi connectivity index (χ2v) is 6.02. The summed E-state index contributed by atoms with van der Waals surface area (Å²) in [5.74, 6) is -2.40. The van der Waals surface area contributed by atoms with Crippen LogP contribution < -0.4 is 24.0 Å². The van der Waals surface area contributed by atoms with Crippen molar-refractivity contribution in [3.05, 3.63) is 0 Å². The molecule has 0 aromatic rings. The number of aliphatic carboxylic acids is 2. The molecule has 2 aliphatic rings. The molecule has 6 nitrogen and oxygen atoms in total. The molecule has 2 fully saturated rings. The van der Waals surface area contributed by atoms with Gasteiger partial charge in [0.2, 0.25) is 5.41 Å². The third-order valence-electron chi connectivity index (χ3n) is 4.30. The molecule has 1 atom stereocenters. The van der Waals surface area contributed by atoms with Crippen molar-refractivity contribution in [2.45, 2.75) is 12.5 Å². The molecule has 0 amide bonds. The molecule has 0 aromatic carbocycles. The molecule has 110 valence electrons. The molecular formula is C11H17I2NO5. The van der Waals surface area contributed by atoms with E-state index in [2.05, 4.69) is 22.6 Å². The van der Waals surface area contributed by atoms with E-state index < -0.39 is 17.4 Å². The van der Waals surface area contributed by atoms with Gasteiger partial charge in [-0.2, -0.15) is 0 Å². The Hall–Kier alpha value is 0.320. The maximum atomic E-state index is 11.4. The van der Waals surface area contributed by atoms with E-state index >= 15 is 0 Å². The van der Waals surface area contributed by atoms with Crippen LogP contribution in [0.25, 0.3) is 0 Å². The van der Waals surface area contributed by atoms with Crippen molar-refractivity contribution >= 4 is 34.5 Å². The molecule has 2 saturated heterocycles. The monoisotopic (exact) mass is 497 g/mol. The predicted octanol–water partition coefficient (Wildman–Crippen LogP) is -2.80. The quantitative estimate of drug-likeness (QED) is 0.191. The standard InChI is InChI=1S/C11H16INO5.HI/c12-6-8-5-11(9(14)15,10(16)17)7-13(8)1-3-18-4-2-13;/h8H,1-7H2,(H-,14,15,16,17);1H. The molecule has 2 rings (SSSR count). The van der Waals surface area contributed by atoms with Gasteiger partial charge in [0.25, 0.3) is 0 Å². The Labute approximate surface area is 142 Å². The van der Waals surface area contributed by atoms with Crippen LogP contribution in [0.5, 0.6) is 0 Å². The average Bonchev–Trinajstić information content (AvgIpc) is 2.66. The SMILES string of the molecule is O=C(O)C1(C(=O)O)CC(CI)[N+]2(CCOCC2)C1.[I-]. The lowest BCUT2D eigenvalue weighted by atomic mass is 9.86. The maximum Gasteiger partial charge on any atom is 0.327 e. The van der Waals surface area contributed by atoms with Crippen molar-refractivity contribution in [1.82, 2.24) is 0 Å². The van der Waals surface area contributed by atoms with Crippen LogP contribution in [-0.4, -0.2) is 70.0 Å². The number of morpholine rings is 1. The molecule has 19 heavy (non-hydrogen) atoms. The minimum atomic E-state index is -1.62. The third-order valence-corrected chi connectivity index (χ3v) is 5.32. The number of hydrogen-bond acceptors (Lipinski definition) is 3. The number of rotatable bonds is 3. The second kappa shape index (κ2) is 6.39. The van der Waals surface area contributed by atoms with E-state index in [0.717, 1.165) is 17.5 Å². The lowest BCUT2D eigenvalue weighted by Gasteiger charge is -2.42. The zero-order valence-corrected chi connectivity index (χ0v) is 14.7. The van der Waals surface area contributed by atoms with Crippen LogP contribution in [0.1, 0.15) is 6.42 Å². The van der Waals surface area contributed by atoms with Gasteiger partial charge in [-0.3, -0.25) is 9.59 Å². The number of quaternary nitrogens is 1. The molecule has 0 aromatic heterocycles.